The van der Waals surface area contributed by atoms with Crippen molar-refractivity contribution in [3.8, 4) is 0 Å². The summed E-state index contributed by atoms with van der Waals surface area (Å²) in [5.41, 5.74) is 0.603. The molecular formula is C16H35N3. The first-order valence-electron chi connectivity index (χ1n) is 7.90. The highest BCUT2D eigenvalue weighted by Crippen LogP contribution is 2.23. The molecule has 0 aromatic rings. The summed E-state index contributed by atoms with van der Waals surface area (Å²) < 4.78 is 0. The maximum absolute atomic E-state index is 3.69. The molecule has 114 valence electrons. The van der Waals surface area contributed by atoms with Crippen molar-refractivity contribution < 1.29 is 0 Å². The third-order valence-corrected chi connectivity index (χ3v) is 4.32. The normalized spacial score (nSPS) is 23.1. The maximum Gasteiger partial charge on any atom is 0.0109 e. The molecule has 3 heteroatoms. The van der Waals surface area contributed by atoms with Crippen LogP contribution in [-0.2, 0) is 0 Å². The van der Waals surface area contributed by atoms with Crippen LogP contribution in [0, 0.1) is 5.41 Å². The molecule has 0 saturated carbocycles. The number of hydrogen-bond acceptors (Lipinski definition) is 3. The Hall–Kier alpha value is -0.120. The van der Waals surface area contributed by atoms with E-state index < -0.39 is 0 Å². The summed E-state index contributed by atoms with van der Waals surface area (Å²) in [7, 11) is 2.24. The van der Waals surface area contributed by atoms with E-state index in [-0.39, 0.29) is 5.54 Å². The molecule has 1 aliphatic rings. The fraction of sp³-hybridized carbons (Fsp3) is 1.00. The van der Waals surface area contributed by atoms with Gasteiger partial charge in [0.15, 0.2) is 0 Å². The molecule has 0 aromatic carbocycles. The minimum absolute atomic E-state index is 0.218. The molecule has 1 saturated heterocycles. The molecule has 1 rings (SSSR count). The Morgan fingerprint density at radius 2 is 1.68 bits per heavy atom. The van der Waals surface area contributed by atoms with E-state index in [9.17, 15) is 0 Å². The standard InChI is InChI=1S/C16H35N3/c1-7-16(5,13-17-15(2,3)4)14-19-10-8-9-18(6)11-12-19/h17H,7-14H2,1-6H3. The zero-order valence-corrected chi connectivity index (χ0v) is 14.1. The molecule has 0 amide bonds. The number of rotatable bonds is 5. The molecule has 0 aromatic heterocycles. The molecular weight excluding hydrogens is 234 g/mol. The predicted molar refractivity (Wildman–Crippen MR) is 84.7 cm³/mol. The Labute approximate surface area is 120 Å². The second-order valence-electron chi connectivity index (χ2n) is 7.70. The Kier molecular flexibility index (Phi) is 6.28. The molecule has 0 bridgehead atoms. The van der Waals surface area contributed by atoms with E-state index in [0.717, 1.165) is 6.54 Å². The van der Waals surface area contributed by atoms with Crippen molar-refractivity contribution >= 4 is 0 Å². The van der Waals surface area contributed by atoms with Crippen LogP contribution in [0.15, 0.2) is 0 Å². The smallest absolute Gasteiger partial charge is 0.0109 e. The lowest BCUT2D eigenvalue weighted by molar-refractivity contribution is 0.149. The maximum atomic E-state index is 3.69. The first-order chi connectivity index (χ1) is 8.74. The van der Waals surface area contributed by atoms with E-state index in [1.54, 1.807) is 0 Å². The Morgan fingerprint density at radius 1 is 1.00 bits per heavy atom. The van der Waals surface area contributed by atoms with Crippen LogP contribution in [0.3, 0.4) is 0 Å². The number of nitrogens with one attached hydrogen (secondary N) is 1. The summed E-state index contributed by atoms with van der Waals surface area (Å²) >= 11 is 0. The number of likely N-dealkylation sites (N-methyl/N-ethyl adjacent to an activating group) is 1. The highest BCUT2D eigenvalue weighted by Gasteiger charge is 2.27. The summed E-state index contributed by atoms with van der Waals surface area (Å²) in [6.45, 7) is 18.8. The van der Waals surface area contributed by atoms with E-state index in [1.807, 2.05) is 0 Å². The lowest BCUT2D eigenvalue weighted by Crippen LogP contribution is -2.47. The Balaban J connectivity index is 2.49. The van der Waals surface area contributed by atoms with Gasteiger partial charge in [-0.25, -0.2) is 0 Å². The van der Waals surface area contributed by atoms with Gasteiger partial charge in [-0.3, -0.25) is 0 Å². The van der Waals surface area contributed by atoms with E-state index >= 15 is 0 Å². The first kappa shape index (κ1) is 16.9. The van der Waals surface area contributed by atoms with Gasteiger partial charge in [-0.1, -0.05) is 13.8 Å². The van der Waals surface area contributed by atoms with Crippen molar-refractivity contribution in [3.63, 3.8) is 0 Å². The minimum atomic E-state index is 0.218. The fourth-order valence-corrected chi connectivity index (χ4v) is 2.57. The zero-order chi connectivity index (χ0) is 14.5. The highest BCUT2D eigenvalue weighted by molar-refractivity contribution is 4.84. The third-order valence-electron chi connectivity index (χ3n) is 4.32. The Bertz CT molecular complexity index is 259. The van der Waals surface area contributed by atoms with Crippen LogP contribution in [0.25, 0.3) is 0 Å². The van der Waals surface area contributed by atoms with Crippen LogP contribution in [-0.4, -0.2) is 61.7 Å². The largest absolute Gasteiger partial charge is 0.311 e. The Morgan fingerprint density at radius 3 is 2.26 bits per heavy atom. The van der Waals surface area contributed by atoms with Gasteiger partial charge in [0.05, 0.1) is 0 Å². The van der Waals surface area contributed by atoms with Crippen LogP contribution < -0.4 is 5.32 Å². The molecule has 0 radical (unpaired) electrons. The minimum Gasteiger partial charge on any atom is -0.311 e. The lowest BCUT2D eigenvalue weighted by atomic mass is 9.85. The van der Waals surface area contributed by atoms with E-state index in [0.29, 0.717) is 5.41 Å². The van der Waals surface area contributed by atoms with Crippen LogP contribution in [0.4, 0.5) is 0 Å². The quantitative estimate of drug-likeness (QED) is 0.827. The summed E-state index contributed by atoms with van der Waals surface area (Å²) in [6, 6.07) is 0. The summed E-state index contributed by atoms with van der Waals surface area (Å²) in [5.74, 6) is 0. The van der Waals surface area contributed by atoms with Crippen molar-refractivity contribution in [3.05, 3.63) is 0 Å². The van der Waals surface area contributed by atoms with Crippen LogP contribution in [0.2, 0.25) is 0 Å². The van der Waals surface area contributed by atoms with Crippen LogP contribution in [0.5, 0.6) is 0 Å². The SMILES string of the molecule is CCC(C)(CNC(C)(C)C)CN1CCCN(C)CC1. The average molecular weight is 269 g/mol. The topological polar surface area (TPSA) is 18.5 Å². The van der Waals surface area contributed by atoms with Gasteiger partial charge in [-0.2, -0.15) is 0 Å². The molecule has 1 atom stereocenters. The second kappa shape index (κ2) is 7.05. The summed E-state index contributed by atoms with van der Waals surface area (Å²) in [5, 5.41) is 3.69. The summed E-state index contributed by atoms with van der Waals surface area (Å²) in [6.07, 6.45) is 2.55. The van der Waals surface area contributed by atoms with Gasteiger partial charge < -0.3 is 15.1 Å². The summed E-state index contributed by atoms with van der Waals surface area (Å²) in [4.78, 5) is 5.12. The fourth-order valence-electron chi connectivity index (χ4n) is 2.57. The van der Waals surface area contributed by atoms with Crippen molar-refractivity contribution in [2.75, 3.05) is 46.3 Å². The van der Waals surface area contributed by atoms with Crippen molar-refractivity contribution in [2.45, 2.75) is 53.0 Å². The van der Waals surface area contributed by atoms with Gasteiger partial charge in [-0.15, -0.1) is 0 Å². The lowest BCUT2D eigenvalue weighted by Gasteiger charge is -2.37. The predicted octanol–water partition coefficient (Wildman–Crippen LogP) is 2.43. The zero-order valence-electron chi connectivity index (χ0n) is 14.1. The molecule has 1 N–H and O–H groups in total. The monoisotopic (exact) mass is 269 g/mol. The van der Waals surface area contributed by atoms with Gasteiger partial charge in [0.1, 0.15) is 0 Å². The molecule has 19 heavy (non-hydrogen) atoms. The molecule has 3 nitrogen and oxygen atoms in total. The second-order valence-corrected chi connectivity index (χ2v) is 7.70. The first-order valence-corrected chi connectivity index (χ1v) is 7.90. The van der Waals surface area contributed by atoms with E-state index in [4.69, 9.17) is 0 Å². The molecule has 1 fully saturated rings. The van der Waals surface area contributed by atoms with Gasteiger partial charge >= 0.3 is 0 Å². The van der Waals surface area contributed by atoms with Gasteiger partial charge in [0.25, 0.3) is 0 Å². The van der Waals surface area contributed by atoms with Crippen LogP contribution >= 0.6 is 0 Å². The molecule has 1 unspecified atom stereocenters. The van der Waals surface area contributed by atoms with Crippen molar-refractivity contribution in [2.24, 2.45) is 5.41 Å². The molecule has 1 heterocycles. The van der Waals surface area contributed by atoms with Crippen molar-refractivity contribution in [1.29, 1.82) is 0 Å². The van der Waals surface area contributed by atoms with Crippen molar-refractivity contribution in [1.82, 2.24) is 15.1 Å². The molecule has 0 aliphatic carbocycles. The average Bonchev–Trinajstić information content (AvgIpc) is 2.51. The van der Waals surface area contributed by atoms with Gasteiger partial charge in [-0.05, 0) is 59.2 Å². The van der Waals surface area contributed by atoms with Crippen LogP contribution in [0.1, 0.15) is 47.5 Å². The number of hydrogen-bond donors (Lipinski definition) is 1. The molecule has 1 aliphatic heterocycles. The van der Waals surface area contributed by atoms with E-state index in [2.05, 4.69) is 56.8 Å². The van der Waals surface area contributed by atoms with Gasteiger partial charge in [0, 0.05) is 31.7 Å². The number of nitrogens with zero attached hydrogens (tertiary/aromatic N) is 2. The van der Waals surface area contributed by atoms with Gasteiger partial charge in [0.2, 0.25) is 0 Å². The molecule has 0 spiro atoms. The van der Waals surface area contributed by atoms with E-state index in [1.165, 1.54) is 45.6 Å². The highest BCUT2D eigenvalue weighted by atomic mass is 15.2. The third kappa shape index (κ3) is 6.73.